The van der Waals surface area contributed by atoms with Gasteiger partial charge >= 0.3 is 0 Å². The molecule has 16 nitrogen and oxygen atoms in total. The van der Waals surface area contributed by atoms with E-state index in [1.165, 1.54) is 44.9 Å². The van der Waals surface area contributed by atoms with Gasteiger partial charge in [-0.1, -0.05) is 107 Å². The van der Waals surface area contributed by atoms with Crippen LogP contribution in [0.2, 0.25) is 0 Å². The molecule has 0 atom stereocenters. The Morgan fingerprint density at radius 3 is 1.19 bits per heavy atom. The summed E-state index contributed by atoms with van der Waals surface area (Å²) in [4.78, 5) is 54.8. The molecular weight excluding hydrogens is 1490 g/mol. The van der Waals surface area contributed by atoms with Crippen LogP contribution in [0.25, 0.3) is 0 Å². The average molecular weight is 1590 g/mol. The van der Waals surface area contributed by atoms with Gasteiger partial charge in [0.15, 0.2) is 47.9 Å². The lowest BCUT2D eigenvalue weighted by Crippen LogP contribution is -3.00. The summed E-state index contributed by atoms with van der Waals surface area (Å²) in [6.07, 6.45) is 24.1. The fourth-order valence-electron chi connectivity index (χ4n) is 11.7. The summed E-state index contributed by atoms with van der Waals surface area (Å²) < 4.78 is 5.43. The van der Waals surface area contributed by atoms with Crippen molar-refractivity contribution in [1.29, 1.82) is 0 Å². The molecule has 10 rings (SSSR count). The molecule has 2 aromatic heterocycles. The third kappa shape index (κ3) is 22.7. The standard InChI is InChI=1S/C39H47N6O2.C20H23N3O2.C19H25BrN3.3BrH/c1-29-27-34(35-36(37(29)40)39(47)33-18-11-10-17-32(33)38(35)46)41-21-14-26-45(3,4)25-13-6-5-12-22-44-23-19-30(20-24-44)28-42-43(2)31-15-8-7-9-16-31;1-12-11-15(22-9-6-10-23(2)3)16-17(18(12)21)20(25)14-8-5-4-7-13(14)19(16)24;1-22(19-9-5-4-6-10-19)21-17-18-11-15-23(16-12-18)14-8-3-2-7-13-20;;;/h7-11,15-20,23-24,27-28,40,42H,5-6,12-14,21-22,25-26H2,1-4H3;4-5,7-8,11,22H,6,9-10,21H2,1-3H3;4-6,9-12,15-17H,2-3,7-8,13-14H2,1H3;3*1H/q+1;;+1;;;/p-2. The third-order valence-electron chi connectivity index (χ3n) is 17.3. The van der Waals surface area contributed by atoms with Gasteiger partial charge in [-0.2, -0.15) is 10.2 Å². The Morgan fingerprint density at radius 1 is 0.459 bits per heavy atom. The van der Waals surface area contributed by atoms with E-state index in [0.29, 0.717) is 73.8 Å². The van der Waals surface area contributed by atoms with Crippen LogP contribution < -0.4 is 92.2 Å². The first-order chi connectivity index (χ1) is 45.8. The molecule has 98 heavy (non-hydrogen) atoms. The second-order valence-electron chi connectivity index (χ2n) is 25.4. The lowest BCUT2D eigenvalue weighted by atomic mass is 9.81. The Kier molecular flexibility index (Phi) is 33.4. The van der Waals surface area contributed by atoms with Gasteiger partial charge in [0.1, 0.15) is 13.1 Å². The number of nitrogen functional groups attached to an aromatic ring is 2. The zero-order valence-electron chi connectivity index (χ0n) is 57.9. The molecule has 0 unspecified atom stereocenters. The lowest BCUT2D eigenvalue weighted by Gasteiger charge is -2.30. The maximum Gasteiger partial charge on any atom is 0.196 e. The van der Waals surface area contributed by atoms with Gasteiger partial charge in [-0.15, -0.1) is 0 Å². The number of aryl methyl sites for hydroxylation is 4. The van der Waals surface area contributed by atoms with Gasteiger partial charge in [-0.25, -0.2) is 9.13 Å². The second kappa shape index (κ2) is 40.4. The predicted octanol–water partition coefficient (Wildman–Crippen LogP) is 4.38. The number of fused-ring (bicyclic) bond motifs is 4. The Balaban J connectivity index is 0.000000287. The quantitative estimate of drug-likeness (QED) is 0.00993. The predicted molar refractivity (Wildman–Crippen MR) is 393 cm³/mol. The SMILES string of the molecule is CN(/N=C/c1cc[n+](CCCCCCBr)cc1)c1ccccc1.Cc1cc(NCCCN(C)C)c2c(c1N)C(=O)c1ccccc1C2=O.Cc1cc(NCCC[N+](C)(C)CCCCCC[n+]2ccc(/C=N/N(C)c3ccccc3)cc2)c2c(c1N)C(=O)c1ccccc1C2=O.[Br-].[Br-].[Br-]. The molecule has 2 aliphatic carbocycles. The van der Waals surface area contributed by atoms with Crippen LogP contribution in [0.15, 0.2) is 181 Å². The van der Waals surface area contributed by atoms with Crippen molar-refractivity contribution in [3.63, 3.8) is 0 Å². The van der Waals surface area contributed by atoms with Crippen LogP contribution in [0.1, 0.15) is 150 Å². The summed E-state index contributed by atoms with van der Waals surface area (Å²) >= 11 is 3.47. The molecule has 0 saturated carbocycles. The maximum atomic E-state index is 13.4. The highest BCUT2D eigenvalue weighted by atomic mass is 79.9. The van der Waals surface area contributed by atoms with Crippen LogP contribution in [0.5, 0.6) is 0 Å². The van der Waals surface area contributed by atoms with E-state index < -0.39 is 0 Å². The Hall–Kier alpha value is -7.72. The summed E-state index contributed by atoms with van der Waals surface area (Å²) in [6.45, 7) is 10.4. The van der Waals surface area contributed by atoms with Crippen molar-refractivity contribution in [3.05, 3.63) is 237 Å². The molecule has 20 heteroatoms. The number of quaternary nitrogens is 1. The molecule has 0 aliphatic heterocycles. The number of aromatic nitrogens is 2. The van der Waals surface area contributed by atoms with Crippen LogP contribution in [0.4, 0.5) is 34.1 Å². The highest BCUT2D eigenvalue weighted by Crippen LogP contribution is 2.39. The van der Waals surface area contributed by atoms with Crippen molar-refractivity contribution in [1.82, 2.24) is 4.90 Å². The number of para-hydroxylation sites is 2. The van der Waals surface area contributed by atoms with E-state index >= 15 is 0 Å². The summed E-state index contributed by atoms with van der Waals surface area (Å²) in [7, 11) is 12.5. The van der Waals surface area contributed by atoms with E-state index in [0.717, 1.165) is 102 Å². The normalized spacial score (nSPS) is 12.0. The van der Waals surface area contributed by atoms with Gasteiger partial charge < -0.3 is 82.4 Å². The molecule has 0 saturated heterocycles. The molecule has 6 aromatic carbocycles. The minimum absolute atomic E-state index is 0. The fraction of sp³-hybridized carbons (Fsp3) is 0.333. The number of hydrogen-bond donors (Lipinski definition) is 4. The third-order valence-corrected chi connectivity index (χ3v) is 17.9. The van der Waals surface area contributed by atoms with Crippen LogP contribution in [-0.4, -0.2) is 125 Å². The van der Waals surface area contributed by atoms with Gasteiger partial charge in [-0.05, 0) is 121 Å². The van der Waals surface area contributed by atoms with E-state index in [9.17, 15) is 19.2 Å². The molecule has 0 amide bonds. The van der Waals surface area contributed by atoms with Crippen molar-refractivity contribution in [2.45, 2.75) is 91.1 Å². The van der Waals surface area contributed by atoms with E-state index in [4.69, 9.17) is 11.5 Å². The number of carbonyl (C=O) groups is 4. The van der Waals surface area contributed by atoms with Gasteiger partial charge in [0.2, 0.25) is 0 Å². The van der Waals surface area contributed by atoms with Gasteiger partial charge in [0.25, 0.3) is 0 Å². The van der Waals surface area contributed by atoms with E-state index in [-0.39, 0.29) is 74.1 Å². The first kappa shape index (κ1) is 81.0. The van der Waals surface area contributed by atoms with Gasteiger partial charge in [-0.3, -0.25) is 29.2 Å². The fourth-order valence-corrected chi connectivity index (χ4v) is 12.1. The monoisotopic (exact) mass is 1580 g/mol. The number of carbonyl (C=O) groups excluding carboxylic acids is 4. The summed E-state index contributed by atoms with van der Waals surface area (Å²) in [5, 5.41) is 20.7. The molecule has 6 N–H and O–H groups in total. The number of nitrogens with two attached hydrogens (primary N) is 2. The maximum absolute atomic E-state index is 13.4. The van der Waals surface area contributed by atoms with Crippen LogP contribution in [0.3, 0.4) is 0 Å². The van der Waals surface area contributed by atoms with Gasteiger partial charge in [0, 0.05) is 132 Å². The summed E-state index contributed by atoms with van der Waals surface area (Å²) in [5.41, 5.74) is 23.8. The van der Waals surface area contributed by atoms with E-state index in [2.05, 4.69) is 114 Å². The zero-order valence-corrected chi connectivity index (χ0v) is 64.3. The number of rotatable bonds is 29. The van der Waals surface area contributed by atoms with Crippen molar-refractivity contribution >= 4 is 85.6 Å². The number of pyridine rings is 2. The molecule has 0 spiro atoms. The minimum atomic E-state index is -0.179. The number of alkyl halides is 1. The zero-order chi connectivity index (χ0) is 67.9. The highest BCUT2D eigenvalue weighted by Gasteiger charge is 2.36. The summed E-state index contributed by atoms with van der Waals surface area (Å²) in [5.74, 6) is -0.648. The van der Waals surface area contributed by atoms with Crippen LogP contribution in [0, 0.1) is 13.8 Å². The van der Waals surface area contributed by atoms with Crippen molar-refractivity contribution in [2.24, 2.45) is 10.2 Å². The van der Waals surface area contributed by atoms with E-state index in [1.807, 2.05) is 137 Å². The molecule has 0 fully saturated rings. The Labute approximate surface area is 620 Å². The van der Waals surface area contributed by atoms with Crippen LogP contribution in [-0.2, 0) is 13.1 Å². The number of hydrogen-bond acceptors (Lipinski definition) is 13. The molecule has 0 radical (unpaired) electrons. The molecule has 2 heterocycles. The highest BCUT2D eigenvalue weighted by molar-refractivity contribution is 9.09. The number of anilines is 6. The van der Waals surface area contributed by atoms with Crippen molar-refractivity contribution in [3.8, 4) is 0 Å². The second-order valence-corrected chi connectivity index (χ2v) is 26.2. The molecule has 520 valence electrons. The number of ketones is 4. The Bertz CT molecular complexity index is 3950. The average Bonchev–Trinajstić information content (AvgIpc) is 0.749. The molecule has 0 bridgehead atoms. The number of nitrogens with one attached hydrogen (secondary N) is 2. The van der Waals surface area contributed by atoms with Crippen LogP contribution >= 0.6 is 15.9 Å². The first-order valence-corrected chi connectivity index (χ1v) is 34.3. The largest absolute Gasteiger partial charge is 1.00 e. The topological polar surface area (TPSA) is 187 Å². The smallest absolute Gasteiger partial charge is 0.196 e. The first-order valence-electron chi connectivity index (χ1n) is 33.2. The molecule has 8 aromatic rings. The number of hydrazone groups is 2. The van der Waals surface area contributed by atoms with Gasteiger partial charge in [0.05, 0.1) is 73.2 Å². The van der Waals surface area contributed by atoms with Crippen molar-refractivity contribution < 1.29 is 83.7 Å². The summed E-state index contributed by atoms with van der Waals surface area (Å²) in [6, 6.07) is 46.4. The Morgan fingerprint density at radius 2 is 0.806 bits per heavy atom. The number of halogens is 4. The number of benzene rings is 6. The molecule has 2 aliphatic rings. The number of nitrogens with zero attached hydrogens (tertiary/aromatic N) is 8. The number of unbranched alkanes of at least 4 members (excludes halogenated alkanes) is 6. The molecular formula is C78H96Br4N12O4. The minimum Gasteiger partial charge on any atom is -1.00 e. The lowest BCUT2D eigenvalue weighted by molar-refractivity contribution is -0.890. The van der Waals surface area contributed by atoms with E-state index in [1.54, 1.807) is 48.5 Å². The van der Waals surface area contributed by atoms with Crippen molar-refractivity contribution in [2.75, 3.05) is 112 Å².